The molecule has 0 saturated carbocycles. The molecule has 0 radical (unpaired) electrons. The Hall–Kier alpha value is -1.88. The standard InChI is InChI=1S/C17H26N2O3/c1-5-14-9-7-8-10-15(14)18-16(20)11-19(13(3)4)12-17(21)22-6-2/h7-10,13H,5-6,11-12H2,1-4H3,(H,18,20). The molecule has 5 heteroatoms. The lowest BCUT2D eigenvalue weighted by molar-refractivity contribution is -0.145. The summed E-state index contributed by atoms with van der Waals surface area (Å²) in [6.07, 6.45) is 0.854. The van der Waals surface area contributed by atoms with Crippen molar-refractivity contribution < 1.29 is 14.3 Å². The Bertz CT molecular complexity index is 500. The molecule has 1 rings (SSSR count). The maximum Gasteiger partial charge on any atom is 0.320 e. The molecule has 1 amide bonds. The van der Waals surface area contributed by atoms with Crippen LogP contribution in [0, 0.1) is 0 Å². The summed E-state index contributed by atoms with van der Waals surface area (Å²) in [4.78, 5) is 25.6. The molecule has 0 atom stereocenters. The van der Waals surface area contributed by atoms with Crippen molar-refractivity contribution in [2.75, 3.05) is 25.0 Å². The average molecular weight is 306 g/mol. The number of carbonyl (C=O) groups excluding carboxylic acids is 2. The summed E-state index contributed by atoms with van der Waals surface area (Å²) < 4.78 is 4.95. The van der Waals surface area contributed by atoms with E-state index in [4.69, 9.17) is 4.74 Å². The van der Waals surface area contributed by atoms with E-state index in [0.29, 0.717) is 6.61 Å². The van der Waals surface area contributed by atoms with Crippen LogP contribution in [0.4, 0.5) is 5.69 Å². The van der Waals surface area contributed by atoms with Crippen molar-refractivity contribution in [3.05, 3.63) is 29.8 Å². The minimum Gasteiger partial charge on any atom is -0.465 e. The lowest BCUT2D eigenvalue weighted by Crippen LogP contribution is -2.41. The summed E-state index contributed by atoms with van der Waals surface area (Å²) in [5.74, 6) is -0.433. The maximum atomic E-state index is 12.2. The van der Waals surface area contributed by atoms with Crippen molar-refractivity contribution in [2.24, 2.45) is 0 Å². The molecule has 0 saturated heterocycles. The highest BCUT2D eigenvalue weighted by Crippen LogP contribution is 2.15. The molecule has 0 bridgehead atoms. The highest BCUT2D eigenvalue weighted by Gasteiger charge is 2.18. The van der Waals surface area contributed by atoms with Gasteiger partial charge in [-0.1, -0.05) is 25.1 Å². The minimum absolute atomic E-state index is 0.0802. The second-order valence-electron chi connectivity index (χ2n) is 5.36. The summed E-state index contributed by atoms with van der Waals surface area (Å²) in [5, 5.41) is 2.92. The Morgan fingerprint density at radius 1 is 1.18 bits per heavy atom. The lowest BCUT2D eigenvalue weighted by Gasteiger charge is -2.24. The van der Waals surface area contributed by atoms with E-state index in [1.807, 2.05) is 45.0 Å². The molecule has 0 aliphatic heterocycles. The van der Waals surface area contributed by atoms with E-state index in [2.05, 4.69) is 5.32 Å². The van der Waals surface area contributed by atoms with Crippen LogP contribution in [0.1, 0.15) is 33.3 Å². The quantitative estimate of drug-likeness (QED) is 0.750. The molecule has 0 spiro atoms. The number of nitrogens with one attached hydrogen (secondary N) is 1. The Morgan fingerprint density at radius 2 is 1.86 bits per heavy atom. The minimum atomic E-state index is -0.307. The molecule has 0 aliphatic carbocycles. The van der Waals surface area contributed by atoms with Crippen molar-refractivity contribution in [1.82, 2.24) is 4.90 Å². The topological polar surface area (TPSA) is 58.6 Å². The Balaban J connectivity index is 2.65. The lowest BCUT2D eigenvalue weighted by atomic mass is 10.1. The first-order valence-corrected chi connectivity index (χ1v) is 7.75. The number of aryl methyl sites for hydroxylation is 1. The highest BCUT2D eigenvalue weighted by atomic mass is 16.5. The van der Waals surface area contributed by atoms with Crippen molar-refractivity contribution in [3.63, 3.8) is 0 Å². The second kappa shape index (κ2) is 9.20. The first-order chi connectivity index (χ1) is 10.5. The van der Waals surface area contributed by atoms with Crippen LogP contribution in [-0.2, 0) is 20.7 Å². The molecule has 0 aliphatic rings. The molecule has 5 nitrogen and oxygen atoms in total. The molecule has 0 aromatic heterocycles. The monoisotopic (exact) mass is 306 g/mol. The zero-order valence-corrected chi connectivity index (χ0v) is 13.9. The second-order valence-corrected chi connectivity index (χ2v) is 5.36. The van der Waals surface area contributed by atoms with Crippen molar-refractivity contribution in [1.29, 1.82) is 0 Å². The first-order valence-electron chi connectivity index (χ1n) is 7.75. The average Bonchev–Trinajstić information content (AvgIpc) is 2.47. The van der Waals surface area contributed by atoms with Crippen LogP contribution in [0.5, 0.6) is 0 Å². The summed E-state index contributed by atoms with van der Waals surface area (Å²) >= 11 is 0. The van der Waals surface area contributed by atoms with E-state index in [9.17, 15) is 9.59 Å². The predicted octanol–water partition coefficient (Wildman–Crippen LogP) is 2.46. The number of rotatable bonds is 8. The third-order valence-electron chi connectivity index (χ3n) is 3.39. The van der Waals surface area contributed by atoms with Crippen molar-refractivity contribution in [2.45, 2.75) is 40.2 Å². The number of anilines is 1. The third-order valence-corrected chi connectivity index (χ3v) is 3.39. The van der Waals surface area contributed by atoms with Crippen LogP contribution in [0.25, 0.3) is 0 Å². The molecule has 1 aromatic carbocycles. The van der Waals surface area contributed by atoms with E-state index in [-0.39, 0.29) is 31.0 Å². The van der Waals surface area contributed by atoms with Gasteiger partial charge in [0.25, 0.3) is 0 Å². The molecule has 0 fully saturated rings. The van der Waals surface area contributed by atoms with Gasteiger partial charge in [-0.3, -0.25) is 14.5 Å². The van der Waals surface area contributed by atoms with Gasteiger partial charge in [0.05, 0.1) is 19.7 Å². The fourth-order valence-corrected chi connectivity index (χ4v) is 2.12. The molecule has 1 N–H and O–H groups in total. The summed E-state index contributed by atoms with van der Waals surface area (Å²) in [5.41, 5.74) is 1.92. The number of hydrogen-bond donors (Lipinski definition) is 1. The number of carbonyl (C=O) groups is 2. The number of nitrogens with zero attached hydrogens (tertiary/aromatic N) is 1. The van der Waals surface area contributed by atoms with Gasteiger partial charge in [-0.15, -0.1) is 0 Å². The number of esters is 1. The third kappa shape index (κ3) is 5.85. The number of amides is 1. The number of ether oxygens (including phenoxy) is 1. The summed E-state index contributed by atoms with van der Waals surface area (Å²) in [6, 6.07) is 7.82. The van der Waals surface area contributed by atoms with Gasteiger partial charge in [-0.25, -0.2) is 0 Å². The van der Waals surface area contributed by atoms with Gasteiger partial charge in [0.1, 0.15) is 0 Å². The van der Waals surface area contributed by atoms with Crippen molar-refractivity contribution in [3.8, 4) is 0 Å². The molecular formula is C17H26N2O3. The fourth-order valence-electron chi connectivity index (χ4n) is 2.12. The smallest absolute Gasteiger partial charge is 0.320 e. The Kier molecular flexibility index (Phi) is 7.60. The van der Waals surface area contributed by atoms with E-state index >= 15 is 0 Å². The normalized spacial score (nSPS) is 10.8. The van der Waals surface area contributed by atoms with E-state index in [0.717, 1.165) is 17.7 Å². The van der Waals surface area contributed by atoms with Crippen LogP contribution < -0.4 is 5.32 Å². The van der Waals surface area contributed by atoms with Gasteiger partial charge >= 0.3 is 5.97 Å². The van der Waals surface area contributed by atoms with Crippen molar-refractivity contribution >= 4 is 17.6 Å². The van der Waals surface area contributed by atoms with Gasteiger partial charge in [0.2, 0.25) is 5.91 Å². The van der Waals surface area contributed by atoms with Crippen LogP contribution in [0.15, 0.2) is 24.3 Å². The largest absolute Gasteiger partial charge is 0.465 e. The fraction of sp³-hybridized carbons (Fsp3) is 0.529. The Labute approximate surface area is 132 Å². The summed E-state index contributed by atoms with van der Waals surface area (Å²) in [7, 11) is 0. The summed E-state index contributed by atoms with van der Waals surface area (Å²) in [6.45, 7) is 8.35. The van der Waals surface area contributed by atoms with Gasteiger partial charge in [0, 0.05) is 11.7 Å². The molecule has 1 aromatic rings. The first kappa shape index (κ1) is 18.2. The van der Waals surface area contributed by atoms with E-state index in [1.165, 1.54) is 0 Å². The SMILES string of the molecule is CCOC(=O)CN(CC(=O)Nc1ccccc1CC)C(C)C. The zero-order chi connectivity index (χ0) is 16.5. The number of benzene rings is 1. The van der Waals surface area contributed by atoms with Gasteiger partial charge < -0.3 is 10.1 Å². The molecule has 0 heterocycles. The van der Waals surface area contributed by atoms with Crippen LogP contribution >= 0.6 is 0 Å². The Morgan fingerprint density at radius 3 is 2.45 bits per heavy atom. The molecule has 0 unspecified atom stereocenters. The van der Waals surface area contributed by atoms with Gasteiger partial charge in [0.15, 0.2) is 0 Å². The van der Waals surface area contributed by atoms with E-state index < -0.39 is 0 Å². The molecule has 22 heavy (non-hydrogen) atoms. The number of para-hydroxylation sites is 1. The number of hydrogen-bond acceptors (Lipinski definition) is 4. The van der Waals surface area contributed by atoms with E-state index in [1.54, 1.807) is 11.8 Å². The highest BCUT2D eigenvalue weighted by molar-refractivity contribution is 5.93. The van der Waals surface area contributed by atoms with Crippen LogP contribution in [0.2, 0.25) is 0 Å². The molecular weight excluding hydrogens is 280 g/mol. The van der Waals surface area contributed by atoms with Gasteiger partial charge in [-0.2, -0.15) is 0 Å². The maximum absolute atomic E-state index is 12.2. The molecule has 122 valence electrons. The van der Waals surface area contributed by atoms with Crippen LogP contribution in [-0.4, -0.2) is 42.5 Å². The van der Waals surface area contributed by atoms with Crippen LogP contribution in [0.3, 0.4) is 0 Å². The van der Waals surface area contributed by atoms with Gasteiger partial charge in [-0.05, 0) is 38.8 Å². The predicted molar refractivity (Wildman–Crippen MR) is 87.8 cm³/mol. The zero-order valence-electron chi connectivity index (χ0n) is 13.9.